The van der Waals surface area contributed by atoms with Crippen molar-refractivity contribution in [1.29, 1.82) is 0 Å². The Hall–Kier alpha value is -2.18. The molecule has 26 heavy (non-hydrogen) atoms. The largest absolute Gasteiger partial charge is 0.351 e. The maximum absolute atomic E-state index is 12.3. The second-order valence-electron chi connectivity index (χ2n) is 6.69. The number of carbonyl (C=O) groups is 1. The van der Waals surface area contributed by atoms with Gasteiger partial charge in [0.15, 0.2) is 0 Å². The summed E-state index contributed by atoms with van der Waals surface area (Å²) < 4.78 is 2.30. The van der Waals surface area contributed by atoms with Gasteiger partial charge < -0.3 is 14.8 Å². The predicted octanol–water partition coefficient (Wildman–Crippen LogP) is 3.86. The molecular weight excluding hydrogens is 344 g/mol. The summed E-state index contributed by atoms with van der Waals surface area (Å²) >= 11 is 1.53. The van der Waals surface area contributed by atoms with Gasteiger partial charge in [-0.3, -0.25) is 4.79 Å². The van der Waals surface area contributed by atoms with E-state index in [0.717, 1.165) is 36.6 Å². The van der Waals surface area contributed by atoms with Gasteiger partial charge in [-0.25, -0.2) is 4.98 Å². The standard InChI is InChI=1S/C20H26N4OS/c1-4-11-24-17-9-6-5-8-15(17)13-18(24)20-22-16(14-26-20)19(25)21-10-7-12-23(2)3/h5-6,8-9,13-14H,4,7,10-12H2,1-3H3,(H,21,25). The molecule has 6 heteroatoms. The van der Waals surface area contributed by atoms with Crippen LogP contribution in [0.4, 0.5) is 0 Å². The molecule has 1 aromatic carbocycles. The molecule has 3 aromatic rings. The van der Waals surface area contributed by atoms with Crippen LogP contribution in [0.5, 0.6) is 0 Å². The molecule has 3 rings (SSSR count). The summed E-state index contributed by atoms with van der Waals surface area (Å²) in [7, 11) is 4.06. The van der Waals surface area contributed by atoms with E-state index in [1.165, 1.54) is 22.2 Å². The molecule has 138 valence electrons. The van der Waals surface area contributed by atoms with E-state index in [0.29, 0.717) is 12.2 Å². The average Bonchev–Trinajstić information content (AvgIpc) is 3.24. The van der Waals surface area contributed by atoms with Crippen LogP contribution < -0.4 is 5.32 Å². The number of para-hydroxylation sites is 1. The van der Waals surface area contributed by atoms with E-state index >= 15 is 0 Å². The van der Waals surface area contributed by atoms with E-state index in [1.54, 1.807) is 0 Å². The first-order chi connectivity index (χ1) is 12.6. The molecule has 2 aromatic heterocycles. The Kier molecular flexibility index (Phi) is 6.06. The molecule has 2 heterocycles. The fraction of sp³-hybridized carbons (Fsp3) is 0.400. The first-order valence-corrected chi connectivity index (χ1v) is 9.95. The Balaban J connectivity index is 1.78. The van der Waals surface area contributed by atoms with Gasteiger partial charge in [0.2, 0.25) is 0 Å². The first-order valence-electron chi connectivity index (χ1n) is 9.07. The molecule has 0 aliphatic heterocycles. The van der Waals surface area contributed by atoms with E-state index in [1.807, 2.05) is 19.5 Å². The van der Waals surface area contributed by atoms with Crippen molar-refractivity contribution in [2.75, 3.05) is 27.2 Å². The number of thiazole rings is 1. The summed E-state index contributed by atoms with van der Waals surface area (Å²) in [5, 5.41) is 6.91. The highest BCUT2D eigenvalue weighted by molar-refractivity contribution is 7.13. The highest BCUT2D eigenvalue weighted by Gasteiger charge is 2.16. The number of amides is 1. The summed E-state index contributed by atoms with van der Waals surface area (Å²) in [4.78, 5) is 19.0. The number of nitrogens with zero attached hydrogens (tertiary/aromatic N) is 3. The van der Waals surface area contributed by atoms with Crippen molar-refractivity contribution < 1.29 is 4.79 Å². The normalized spacial score (nSPS) is 11.4. The molecule has 0 aliphatic rings. The van der Waals surface area contributed by atoms with Crippen LogP contribution in [-0.4, -0.2) is 47.5 Å². The fourth-order valence-corrected chi connectivity index (χ4v) is 3.86. The van der Waals surface area contributed by atoms with Crippen LogP contribution in [0.15, 0.2) is 35.7 Å². The quantitative estimate of drug-likeness (QED) is 0.613. The van der Waals surface area contributed by atoms with E-state index in [2.05, 4.69) is 57.0 Å². The second kappa shape index (κ2) is 8.47. The van der Waals surface area contributed by atoms with Crippen LogP contribution in [0.25, 0.3) is 21.6 Å². The summed E-state index contributed by atoms with van der Waals surface area (Å²) in [6, 6.07) is 10.5. The van der Waals surface area contributed by atoms with Crippen LogP contribution >= 0.6 is 11.3 Å². The van der Waals surface area contributed by atoms with Crippen molar-refractivity contribution in [3.63, 3.8) is 0 Å². The Bertz CT molecular complexity index is 881. The molecule has 0 fully saturated rings. The topological polar surface area (TPSA) is 50.2 Å². The highest BCUT2D eigenvalue weighted by atomic mass is 32.1. The lowest BCUT2D eigenvalue weighted by atomic mass is 10.2. The van der Waals surface area contributed by atoms with Gasteiger partial charge in [-0.2, -0.15) is 0 Å². The van der Waals surface area contributed by atoms with Gasteiger partial charge in [0.1, 0.15) is 10.7 Å². The maximum Gasteiger partial charge on any atom is 0.270 e. The van der Waals surface area contributed by atoms with Gasteiger partial charge in [-0.15, -0.1) is 11.3 Å². The lowest BCUT2D eigenvalue weighted by Gasteiger charge is -2.09. The molecule has 1 amide bonds. The van der Waals surface area contributed by atoms with Crippen LogP contribution in [0, 0.1) is 0 Å². The Labute approximate surface area is 158 Å². The van der Waals surface area contributed by atoms with Crippen LogP contribution in [0.1, 0.15) is 30.3 Å². The van der Waals surface area contributed by atoms with Gasteiger partial charge in [0.05, 0.1) is 5.69 Å². The van der Waals surface area contributed by atoms with Crippen LogP contribution in [0.2, 0.25) is 0 Å². The molecular formula is C20H26N4OS. The predicted molar refractivity (Wildman–Crippen MR) is 109 cm³/mol. The molecule has 5 nitrogen and oxygen atoms in total. The number of nitrogens with one attached hydrogen (secondary N) is 1. The number of fused-ring (bicyclic) bond motifs is 1. The molecule has 0 unspecified atom stereocenters. The molecule has 0 aliphatic carbocycles. The molecule has 0 radical (unpaired) electrons. The molecule has 1 N–H and O–H groups in total. The minimum absolute atomic E-state index is 0.0931. The van der Waals surface area contributed by atoms with E-state index < -0.39 is 0 Å². The smallest absolute Gasteiger partial charge is 0.270 e. The minimum Gasteiger partial charge on any atom is -0.351 e. The van der Waals surface area contributed by atoms with E-state index in [9.17, 15) is 4.79 Å². The molecule has 0 saturated carbocycles. The zero-order valence-electron chi connectivity index (χ0n) is 15.7. The van der Waals surface area contributed by atoms with Gasteiger partial charge in [-0.1, -0.05) is 25.1 Å². The van der Waals surface area contributed by atoms with Crippen LogP contribution in [0.3, 0.4) is 0 Å². The number of benzene rings is 1. The first kappa shape index (κ1) is 18.6. The van der Waals surface area contributed by atoms with Crippen LogP contribution in [-0.2, 0) is 6.54 Å². The van der Waals surface area contributed by atoms with E-state index in [4.69, 9.17) is 0 Å². The Morgan fingerprint density at radius 1 is 1.31 bits per heavy atom. The van der Waals surface area contributed by atoms with Crippen molar-refractivity contribution in [2.24, 2.45) is 0 Å². The van der Waals surface area contributed by atoms with Crippen molar-refractivity contribution in [3.05, 3.63) is 41.4 Å². The van der Waals surface area contributed by atoms with Crippen molar-refractivity contribution in [2.45, 2.75) is 26.3 Å². The molecule has 0 spiro atoms. The summed E-state index contributed by atoms with van der Waals surface area (Å²) in [6.45, 7) is 4.74. The fourth-order valence-electron chi connectivity index (χ4n) is 3.04. The molecule has 0 bridgehead atoms. The van der Waals surface area contributed by atoms with Gasteiger partial charge in [0, 0.05) is 29.4 Å². The third kappa shape index (κ3) is 4.14. The van der Waals surface area contributed by atoms with Crippen molar-refractivity contribution in [3.8, 4) is 10.7 Å². The Morgan fingerprint density at radius 2 is 2.12 bits per heavy atom. The van der Waals surface area contributed by atoms with Gasteiger partial charge in [-0.05, 0) is 45.6 Å². The number of carbonyl (C=O) groups excluding carboxylic acids is 1. The SMILES string of the molecule is CCCn1c(-c2nc(C(=O)NCCCN(C)C)cs2)cc2ccccc21. The lowest BCUT2D eigenvalue weighted by Crippen LogP contribution is -2.27. The zero-order chi connectivity index (χ0) is 18.5. The van der Waals surface area contributed by atoms with Gasteiger partial charge in [0.25, 0.3) is 5.91 Å². The number of hydrogen-bond donors (Lipinski definition) is 1. The average molecular weight is 371 g/mol. The third-order valence-electron chi connectivity index (χ3n) is 4.28. The molecule has 0 saturated heterocycles. The molecule has 0 atom stereocenters. The number of aromatic nitrogens is 2. The minimum atomic E-state index is -0.0931. The number of rotatable bonds is 8. The van der Waals surface area contributed by atoms with Crippen molar-refractivity contribution in [1.82, 2.24) is 19.8 Å². The zero-order valence-corrected chi connectivity index (χ0v) is 16.5. The Morgan fingerprint density at radius 3 is 2.88 bits per heavy atom. The van der Waals surface area contributed by atoms with Gasteiger partial charge >= 0.3 is 0 Å². The second-order valence-corrected chi connectivity index (χ2v) is 7.55. The number of aryl methyl sites for hydroxylation is 1. The monoisotopic (exact) mass is 370 g/mol. The summed E-state index contributed by atoms with van der Waals surface area (Å²) in [5.74, 6) is -0.0931. The number of hydrogen-bond acceptors (Lipinski definition) is 4. The summed E-state index contributed by atoms with van der Waals surface area (Å²) in [5.41, 5.74) is 2.81. The lowest BCUT2D eigenvalue weighted by molar-refractivity contribution is 0.0948. The summed E-state index contributed by atoms with van der Waals surface area (Å²) in [6.07, 6.45) is 1.98. The third-order valence-corrected chi connectivity index (χ3v) is 5.15. The van der Waals surface area contributed by atoms with E-state index in [-0.39, 0.29) is 5.91 Å². The highest BCUT2D eigenvalue weighted by Crippen LogP contribution is 2.30. The van der Waals surface area contributed by atoms with Crippen molar-refractivity contribution >= 4 is 28.1 Å². The maximum atomic E-state index is 12.3.